The Kier molecular flexibility index (Phi) is 5.56. The van der Waals surface area contributed by atoms with Crippen LogP contribution in [0, 0.1) is 0 Å². The molecule has 1 fully saturated rings. The molecule has 20 heavy (non-hydrogen) atoms. The molecule has 1 aromatic rings. The maximum Gasteiger partial charge on any atom is 0.241 e. The predicted molar refractivity (Wildman–Crippen MR) is 81.3 cm³/mol. The summed E-state index contributed by atoms with van der Waals surface area (Å²) in [6.45, 7) is 5.50. The summed E-state index contributed by atoms with van der Waals surface area (Å²) >= 11 is 0. The highest BCUT2D eigenvalue weighted by molar-refractivity contribution is 5.83. The number of piperidine rings is 1. The van der Waals surface area contributed by atoms with E-state index in [1.165, 1.54) is 6.42 Å². The van der Waals surface area contributed by atoms with E-state index in [-0.39, 0.29) is 11.9 Å². The molecule has 1 amide bonds. The zero-order valence-electron chi connectivity index (χ0n) is 12.2. The average Bonchev–Trinajstić information content (AvgIpc) is 2.49. The largest absolute Gasteiger partial charge is 0.352 e. The van der Waals surface area contributed by atoms with Crippen molar-refractivity contribution in [3.05, 3.63) is 35.9 Å². The van der Waals surface area contributed by atoms with Crippen molar-refractivity contribution in [2.75, 3.05) is 19.6 Å². The molecule has 3 N–H and O–H groups in total. The summed E-state index contributed by atoms with van der Waals surface area (Å²) in [7, 11) is 0. The highest BCUT2D eigenvalue weighted by atomic mass is 16.2. The molecule has 2 rings (SSSR count). The lowest BCUT2D eigenvalue weighted by molar-refractivity contribution is -0.123. The SMILES string of the molecule is CCCN1CCC(NC(=O)[C@@H](N)c2ccccc2)CC1. The van der Waals surface area contributed by atoms with E-state index in [1.54, 1.807) is 0 Å². The molecule has 0 spiro atoms. The van der Waals surface area contributed by atoms with Gasteiger partial charge in [0.1, 0.15) is 6.04 Å². The van der Waals surface area contributed by atoms with Crippen LogP contribution in [0.2, 0.25) is 0 Å². The van der Waals surface area contributed by atoms with Gasteiger partial charge in [-0.1, -0.05) is 37.3 Å². The summed E-state index contributed by atoms with van der Waals surface area (Å²) in [5.41, 5.74) is 6.88. The Morgan fingerprint density at radius 2 is 2.00 bits per heavy atom. The van der Waals surface area contributed by atoms with E-state index in [4.69, 9.17) is 5.73 Å². The Labute approximate surface area is 121 Å². The summed E-state index contributed by atoms with van der Waals surface area (Å²) in [5.74, 6) is -0.0647. The van der Waals surface area contributed by atoms with Crippen LogP contribution in [0.5, 0.6) is 0 Å². The minimum atomic E-state index is -0.565. The Bertz CT molecular complexity index is 413. The van der Waals surface area contributed by atoms with Crippen LogP contribution in [-0.4, -0.2) is 36.5 Å². The van der Waals surface area contributed by atoms with Crippen molar-refractivity contribution in [2.24, 2.45) is 5.73 Å². The van der Waals surface area contributed by atoms with Crippen LogP contribution in [0.15, 0.2) is 30.3 Å². The van der Waals surface area contributed by atoms with Crippen LogP contribution in [0.25, 0.3) is 0 Å². The van der Waals surface area contributed by atoms with Crippen molar-refractivity contribution >= 4 is 5.91 Å². The van der Waals surface area contributed by atoms with Gasteiger partial charge < -0.3 is 16.0 Å². The van der Waals surface area contributed by atoms with Crippen molar-refractivity contribution in [1.29, 1.82) is 0 Å². The van der Waals surface area contributed by atoms with Crippen LogP contribution in [-0.2, 0) is 4.79 Å². The Hall–Kier alpha value is -1.39. The minimum absolute atomic E-state index is 0.0647. The Balaban J connectivity index is 1.81. The number of benzene rings is 1. The fourth-order valence-corrected chi connectivity index (χ4v) is 2.72. The first kappa shape index (κ1) is 15.0. The molecule has 0 saturated carbocycles. The van der Waals surface area contributed by atoms with Crippen molar-refractivity contribution in [1.82, 2.24) is 10.2 Å². The van der Waals surface area contributed by atoms with Gasteiger partial charge in [0, 0.05) is 19.1 Å². The van der Waals surface area contributed by atoms with Crippen molar-refractivity contribution < 1.29 is 4.79 Å². The summed E-state index contributed by atoms with van der Waals surface area (Å²) in [6.07, 6.45) is 3.23. The van der Waals surface area contributed by atoms with E-state index < -0.39 is 6.04 Å². The van der Waals surface area contributed by atoms with Gasteiger partial charge in [0.25, 0.3) is 0 Å². The highest BCUT2D eigenvalue weighted by Crippen LogP contribution is 2.14. The molecular formula is C16H25N3O. The van der Waals surface area contributed by atoms with Crippen molar-refractivity contribution in [3.8, 4) is 0 Å². The first-order chi connectivity index (χ1) is 9.70. The van der Waals surface area contributed by atoms with Crippen LogP contribution in [0.3, 0.4) is 0 Å². The minimum Gasteiger partial charge on any atom is -0.352 e. The molecule has 1 aliphatic heterocycles. The van der Waals surface area contributed by atoms with E-state index in [1.807, 2.05) is 30.3 Å². The lowest BCUT2D eigenvalue weighted by Crippen LogP contribution is -2.47. The van der Waals surface area contributed by atoms with Crippen LogP contribution in [0.1, 0.15) is 37.8 Å². The fraction of sp³-hybridized carbons (Fsp3) is 0.562. The number of hydrogen-bond donors (Lipinski definition) is 2. The van der Waals surface area contributed by atoms with Gasteiger partial charge in [0.2, 0.25) is 5.91 Å². The summed E-state index contributed by atoms with van der Waals surface area (Å²) in [4.78, 5) is 14.6. The second-order valence-corrected chi connectivity index (χ2v) is 5.51. The van der Waals surface area contributed by atoms with Gasteiger partial charge in [-0.25, -0.2) is 0 Å². The first-order valence-electron chi connectivity index (χ1n) is 7.54. The quantitative estimate of drug-likeness (QED) is 0.859. The van der Waals surface area contributed by atoms with E-state index in [0.717, 1.165) is 38.0 Å². The predicted octanol–water partition coefficient (Wildman–Crippen LogP) is 1.68. The molecule has 4 nitrogen and oxygen atoms in total. The highest BCUT2D eigenvalue weighted by Gasteiger charge is 2.23. The first-order valence-corrected chi connectivity index (χ1v) is 7.54. The molecule has 1 atom stereocenters. The van der Waals surface area contributed by atoms with Gasteiger partial charge >= 0.3 is 0 Å². The number of nitrogens with zero attached hydrogens (tertiary/aromatic N) is 1. The van der Waals surface area contributed by atoms with E-state index in [2.05, 4.69) is 17.1 Å². The number of nitrogens with one attached hydrogen (secondary N) is 1. The van der Waals surface area contributed by atoms with Gasteiger partial charge in [-0.3, -0.25) is 4.79 Å². The third-order valence-electron chi connectivity index (χ3n) is 3.91. The number of amides is 1. The third-order valence-corrected chi connectivity index (χ3v) is 3.91. The molecule has 4 heteroatoms. The summed E-state index contributed by atoms with van der Waals surface area (Å²) in [6, 6.07) is 9.24. The third kappa shape index (κ3) is 4.05. The van der Waals surface area contributed by atoms with Crippen LogP contribution in [0.4, 0.5) is 0 Å². The number of rotatable bonds is 5. The van der Waals surface area contributed by atoms with E-state index in [0.29, 0.717) is 0 Å². The molecule has 1 heterocycles. The second-order valence-electron chi connectivity index (χ2n) is 5.51. The average molecular weight is 275 g/mol. The molecule has 1 aliphatic rings. The molecule has 0 aliphatic carbocycles. The molecule has 0 aromatic heterocycles. The smallest absolute Gasteiger partial charge is 0.241 e. The second kappa shape index (κ2) is 7.41. The Morgan fingerprint density at radius 1 is 1.35 bits per heavy atom. The molecule has 110 valence electrons. The summed E-state index contributed by atoms with van der Waals surface area (Å²) in [5, 5.41) is 3.09. The van der Waals surface area contributed by atoms with Crippen LogP contribution >= 0.6 is 0 Å². The van der Waals surface area contributed by atoms with Crippen LogP contribution < -0.4 is 11.1 Å². The van der Waals surface area contributed by atoms with Gasteiger partial charge in [-0.15, -0.1) is 0 Å². The fourth-order valence-electron chi connectivity index (χ4n) is 2.72. The number of likely N-dealkylation sites (tertiary alicyclic amines) is 1. The molecule has 0 radical (unpaired) electrons. The number of nitrogens with two attached hydrogens (primary N) is 1. The molecule has 1 saturated heterocycles. The number of carbonyl (C=O) groups is 1. The van der Waals surface area contributed by atoms with Crippen molar-refractivity contribution in [3.63, 3.8) is 0 Å². The van der Waals surface area contributed by atoms with Gasteiger partial charge in [-0.2, -0.15) is 0 Å². The normalized spacial score (nSPS) is 18.7. The topological polar surface area (TPSA) is 58.4 Å². The lowest BCUT2D eigenvalue weighted by Gasteiger charge is -2.32. The van der Waals surface area contributed by atoms with Gasteiger partial charge in [0.05, 0.1) is 0 Å². The molecule has 0 bridgehead atoms. The van der Waals surface area contributed by atoms with Crippen molar-refractivity contribution in [2.45, 2.75) is 38.3 Å². The standard InChI is InChI=1S/C16H25N3O/c1-2-10-19-11-8-14(9-12-19)18-16(20)15(17)13-6-4-3-5-7-13/h3-7,14-15H,2,8-12,17H2,1H3,(H,18,20)/t15-/m0/s1. The van der Waals surface area contributed by atoms with E-state index >= 15 is 0 Å². The zero-order chi connectivity index (χ0) is 14.4. The monoisotopic (exact) mass is 275 g/mol. The number of hydrogen-bond acceptors (Lipinski definition) is 3. The molecular weight excluding hydrogens is 250 g/mol. The maximum atomic E-state index is 12.2. The van der Waals surface area contributed by atoms with Gasteiger partial charge in [0.15, 0.2) is 0 Å². The van der Waals surface area contributed by atoms with E-state index in [9.17, 15) is 4.79 Å². The maximum absolute atomic E-state index is 12.2. The van der Waals surface area contributed by atoms with Gasteiger partial charge in [-0.05, 0) is 31.4 Å². The Morgan fingerprint density at radius 3 is 2.60 bits per heavy atom. The summed E-state index contributed by atoms with van der Waals surface area (Å²) < 4.78 is 0. The zero-order valence-corrected chi connectivity index (χ0v) is 12.2. The molecule has 1 aromatic carbocycles. The molecule has 0 unspecified atom stereocenters. The lowest BCUT2D eigenvalue weighted by atomic mass is 10.0. The number of carbonyl (C=O) groups excluding carboxylic acids is 1.